The van der Waals surface area contributed by atoms with E-state index in [-0.39, 0.29) is 5.82 Å². The van der Waals surface area contributed by atoms with Crippen molar-refractivity contribution < 1.29 is 14.2 Å². The number of nitrogens with zero attached hydrogens (tertiary/aromatic N) is 1. The molecule has 0 aromatic heterocycles. The number of benzene rings is 2. The SMILES string of the molecule is COc1ccc(N(C)c2ccc(F)cc2C(C)O)cc1. The van der Waals surface area contributed by atoms with Crippen LogP contribution in [0.5, 0.6) is 5.75 Å². The Morgan fingerprint density at radius 1 is 1.15 bits per heavy atom. The van der Waals surface area contributed by atoms with Crippen LogP contribution in [-0.4, -0.2) is 19.3 Å². The number of rotatable bonds is 4. The molecule has 0 spiro atoms. The summed E-state index contributed by atoms with van der Waals surface area (Å²) >= 11 is 0. The summed E-state index contributed by atoms with van der Waals surface area (Å²) in [5, 5.41) is 9.79. The van der Waals surface area contributed by atoms with Gasteiger partial charge in [0.05, 0.1) is 13.2 Å². The molecular formula is C16H18FNO2. The Morgan fingerprint density at radius 3 is 2.35 bits per heavy atom. The number of methoxy groups -OCH3 is 1. The maximum Gasteiger partial charge on any atom is 0.123 e. The van der Waals surface area contributed by atoms with Gasteiger partial charge >= 0.3 is 0 Å². The van der Waals surface area contributed by atoms with Crippen molar-refractivity contribution in [3.05, 3.63) is 53.8 Å². The summed E-state index contributed by atoms with van der Waals surface area (Å²) in [7, 11) is 3.49. The highest BCUT2D eigenvalue weighted by atomic mass is 19.1. The van der Waals surface area contributed by atoms with E-state index < -0.39 is 6.10 Å². The van der Waals surface area contributed by atoms with Gasteiger partial charge in [-0.1, -0.05) is 0 Å². The molecule has 1 N–H and O–H groups in total. The van der Waals surface area contributed by atoms with E-state index in [0.717, 1.165) is 17.1 Å². The summed E-state index contributed by atoms with van der Waals surface area (Å²) < 4.78 is 18.5. The molecule has 0 bridgehead atoms. The predicted molar refractivity (Wildman–Crippen MR) is 78.1 cm³/mol. The van der Waals surface area contributed by atoms with Crippen molar-refractivity contribution in [2.24, 2.45) is 0 Å². The number of halogens is 1. The lowest BCUT2D eigenvalue weighted by atomic mass is 10.1. The quantitative estimate of drug-likeness (QED) is 0.924. The Balaban J connectivity index is 2.39. The summed E-state index contributed by atoms with van der Waals surface area (Å²) in [6.45, 7) is 1.63. The van der Waals surface area contributed by atoms with Crippen LogP contribution >= 0.6 is 0 Å². The molecule has 3 nitrogen and oxygen atoms in total. The number of hydrogen-bond acceptors (Lipinski definition) is 3. The summed E-state index contributed by atoms with van der Waals surface area (Å²) in [6.07, 6.45) is -0.735. The molecule has 0 aliphatic heterocycles. The molecule has 0 heterocycles. The predicted octanol–water partition coefficient (Wildman–Crippen LogP) is 3.66. The lowest BCUT2D eigenvalue weighted by Gasteiger charge is -2.24. The van der Waals surface area contributed by atoms with Crippen LogP contribution in [0.15, 0.2) is 42.5 Å². The van der Waals surface area contributed by atoms with E-state index in [1.807, 2.05) is 36.2 Å². The lowest BCUT2D eigenvalue weighted by Crippen LogP contribution is -2.13. The van der Waals surface area contributed by atoms with Crippen molar-refractivity contribution >= 4 is 11.4 Å². The molecule has 2 aromatic rings. The van der Waals surface area contributed by atoms with Crippen LogP contribution in [0.1, 0.15) is 18.6 Å². The molecule has 20 heavy (non-hydrogen) atoms. The highest BCUT2D eigenvalue weighted by Crippen LogP contribution is 2.32. The maximum absolute atomic E-state index is 13.3. The van der Waals surface area contributed by atoms with Gasteiger partial charge in [-0.2, -0.15) is 0 Å². The third kappa shape index (κ3) is 2.91. The zero-order valence-electron chi connectivity index (χ0n) is 11.8. The minimum atomic E-state index is -0.735. The second kappa shape index (κ2) is 5.92. The third-order valence-electron chi connectivity index (χ3n) is 3.26. The van der Waals surface area contributed by atoms with Gasteiger partial charge in [-0.25, -0.2) is 4.39 Å². The van der Waals surface area contributed by atoms with Crippen molar-refractivity contribution in [1.29, 1.82) is 0 Å². The molecule has 0 amide bonds. The van der Waals surface area contributed by atoms with Crippen molar-refractivity contribution in [3.8, 4) is 5.75 Å². The average molecular weight is 275 g/mol. The number of ether oxygens (including phenoxy) is 1. The number of hydrogen-bond donors (Lipinski definition) is 1. The molecule has 0 aliphatic carbocycles. The van der Waals surface area contributed by atoms with Gasteiger partial charge < -0.3 is 14.7 Å². The fourth-order valence-electron chi connectivity index (χ4n) is 2.11. The first-order valence-electron chi connectivity index (χ1n) is 6.38. The van der Waals surface area contributed by atoms with Crippen molar-refractivity contribution in [2.75, 3.05) is 19.1 Å². The fourth-order valence-corrected chi connectivity index (χ4v) is 2.11. The standard InChI is InChI=1S/C16H18FNO2/c1-11(19)15-10-12(17)4-9-16(15)18(2)13-5-7-14(20-3)8-6-13/h4-11,19H,1-3H3. The van der Waals surface area contributed by atoms with Gasteiger partial charge in [0.25, 0.3) is 0 Å². The van der Waals surface area contributed by atoms with Crippen LogP contribution in [0, 0.1) is 5.82 Å². The summed E-state index contributed by atoms with van der Waals surface area (Å²) in [5.74, 6) is 0.421. The van der Waals surface area contributed by atoms with E-state index in [2.05, 4.69) is 0 Å². The van der Waals surface area contributed by atoms with E-state index in [1.54, 1.807) is 20.1 Å². The van der Waals surface area contributed by atoms with Gasteiger partial charge in [-0.15, -0.1) is 0 Å². The van der Waals surface area contributed by atoms with Crippen molar-refractivity contribution in [2.45, 2.75) is 13.0 Å². The van der Waals surface area contributed by atoms with Crippen LogP contribution in [-0.2, 0) is 0 Å². The average Bonchev–Trinajstić information content (AvgIpc) is 2.46. The summed E-state index contributed by atoms with van der Waals surface area (Å²) in [6, 6.07) is 12.0. The first-order chi connectivity index (χ1) is 9.52. The third-order valence-corrected chi connectivity index (χ3v) is 3.26. The molecule has 0 radical (unpaired) electrons. The van der Waals surface area contributed by atoms with Crippen LogP contribution < -0.4 is 9.64 Å². The van der Waals surface area contributed by atoms with E-state index >= 15 is 0 Å². The second-order valence-electron chi connectivity index (χ2n) is 4.64. The molecule has 106 valence electrons. The van der Waals surface area contributed by atoms with Crippen LogP contribution in [0.25, 0.3) is 0 Å². The van der Waals surface area contributed by atoms with Gasteiger partial charge in [-0.05, 0) is 49.4 Å². The molecule has 4 heteroatoms. The molecule has 0 saturated heterocycles. The Kier molecular flexibility index (Phi) is 4.25. The maximum atomic E-state index is 13.3. The minimum Gasteiger partial charge on any atom is -0.497 e. The first-order valence-corrected chi connectivity index (χ1v) is 6.38. The zero-order chi connectivity index (χ0) is 14.7. The second-order valence-corrected chi connectivity index (χ2v) is 4.64. The van der Waals surface area contributed by atoms with E-state index in [1.165, 1.54) is 12.1 Å². The summed E-state index contributed by atoms with van der Waals surface area (Å²) in [4.78, 5) is 1.90. The Morgan fingerprint density at radius 2 is 1.80 bits per heavy atom. The van der Waals surface area contributed by atoms with Crippen LogP contribution in [0.2, 0.25) is 0 Å². The van der Waals surface area contributed by atoms with Crippen molar-refractivity contribution in [1.82, 2.24) is 0 Å². The van der Waals surface area contributed by atoms with Gasteiger partial charge in [0.15, 0.2) is 0 Å². The fraction of sp³-hybridized carbons (Fsp3) is 0.250. The van der Waals surface area contributed by atoms with Gasteiger partial charge in [0.2, 0.25) is 0 Å². The molecule has 0 saturated carbocycles. The van der Waals surface area contributed by atoms with Crippen LogP contribution in [0.4, 0.5) is 15.8 Å². The number of aliphatic hydroxyl groups excluding tert-OH is 1. The highest BCUT2D eigenvalue weighted by Gasteiger charge is 2.14. The zero-order valence-corrected chi connectivity index (χ0v) is 11.8. The minimum absolute atomic E-state index is 0.354. The van der Waals surface area contributed by atoms with Gasteiger partial charge in [0.1, 0.15) is 11.6 Å². The molecule has 2 rings (SSSR count). The highest BCUT2D eigenvalue weighted by molar-refractivity contribution is 5.66. The molecule has 1 unspecified atom stereocenters. The molecular weight excluding hydrogens is 257 g/mol. The lowest BCUT2D eigenvalue weighted by molar-refractivity contribution is 0.199. The molecule has 1 atom stereocenters. The molecule has 2 aromatic carbocycles. The van der Waals surface area contributed by atoms with E-state index in [9.17, 15) is 9.50 Å². The Labute approximate surface area is 118 Å². The molecule has 0 aliphatic rings. The van der Waals surface area contributed by atoms with Crippen molar-refractivity contribution in [3.63, 3.8) is 0 Å². The number of aliphatic hydroxyl groups is 1. The van der Waals surface area contributed by atoms with Gasteiger partial charge in [0, 0.05) is 24.0 Å². The molecule has 0 fully saturated rings. The number of anilines is 2. The van der Waals surface area contributed by atoms with Gasteiger partial charge in [-0.3, -0.25) is 0 Å². The topological polar surface area (TPSA) is 32.7 Å². The first kappa shape index (κ1) is 14.3. The van der Waals surface area contributed by atoms with E-state index in [4.69, 9.17) is 4.74 Å². The van der Waals surface area contributed by atoms with E-state index in [0.29, 0.717) is 5.56 Å². The largest absolute Gasteiger partial charge is 0.497 e. The Bertz CT molecular complexity index is 582. The Hall–Kier alpha value is -2.07. The van der Waals surface area contributed by atoms with Crippen LogP contribution in [0.3, 0.4) is 0 Å². The normalized spacial score (nSPS) is 12.1. The monoisotopic (exact) mass is 275 g/mol. The summed E-state index contributed by atoms with van der Waals surface area (Å²) in [5.41, 5.74) is 2.26. The smallest absolute Gasteiger partial charge is 0.123 e.